The van der Waals surface area contributed by atoms with Gasteiger partial charge in [0.25, 0.3) is 5.56 Å². The molecule has 0 fully saturated rings. The van der Waals surface area contributed by atoms with E-state index in [1.54, 1.807) is 38.8 Å². The summed E-state index contributed by atoms with van der Waals surface area (Å²) in [6, 6.07) is 5.60. The molecule has 3 rings (SSSR count). The molecule has 0 aliphatic heterocycles. The second-order valence-electron chi connectivity index (χ2n) is 7.50. The van der Waals surface area contributed by atoms with Crippen molar-refractivity contribution in [1.29, 1.82) is 0 Å². The molecule has 184 valence electrons. The van der Waals surface area contributed by atoms with Crippen molar-refractivity contribution in [3.63, 3.8) is 0 Å². The fraction of sp³-hybridized carbons (Fsp3) is 0.458. The Morgan fingerprint density at radius 2 is 1.53 bits per heavy atom. The van der Waals surface area contributed by atoms with Gasteiger partial charge in [0, 0.05) is 34.4 Å². The molecule has 0 atom stereocenters. The summed E-state index contributed by atoms with van der Waals surface area (Å²) in [7, 11) is 5.00. The quantitative estimate of drug-likeness (QED) is 0.373. The van der Waals surface area contributed by atoms with E-state index in [0.717, 1.165) is 5.56 Å². The van der Waals surface area contributed by atoms with E-state index in [1.165, 1.54) is 9.13 Å². The molecule has 0 saturated heterocycles. The van der Waals surface area contributed by atoms with Crippen LogP contribution in [0.3, 0.4) is 0 Å². The monoisotopic (exact) mass is 472 g/mol. The van der Waals surface area contributed by atoms with E-state index < -0.39 is 0 Å². The highest BCUT2D eigenvalue weighted by molar-refractivity contribution is 5.77. The first-order valence-electron chi connectivity index (χ1n) is 11.2. The molecule has 2 heterocycles. The average molecular weight is 473 g/mol. The van der Waals surface area contributed by atoms with E-state index in [0.29, 0.717) is 68.0 Å². The Morgan fingerprint density at radius 3 is 2.15 bits per heavy atom. The lowest BCUT2D eigenvalue weighted by Gasteiger charge is -2.13. The van der Waals surface area contributed by atoms with E-state index in [4.69, 9.17) is 18.9 Å². The SMILES string of the molecule is CCn1c(=O)c2c(nc(C=Cc3ccc(OCCOC)c(OCCOC)c3)n2C)n(CC)c1=O. The summed E-state index contributed by atoms with van der Waals surface area (Å²) in [6.45, 7) is 6.06. The molecule has 10 heteroatoms. The molecule has 0 radical (unpaired) electrons. The predicted molar refractivity (Wildman–Crippen MR) is 131 cm³/mol. The van der Waals surface area contributed by atoms with Crippen molar-refractivity contribution in [1.82, 2.24) is 18.7 Å². The van der Waals surface area contributed by atoms with Crippen molar-refractivity contribution in [2.24, 2.45) is 7.05 Å². The summed E-state index contributed by atoms with van der Waals surface area (Å²) in [6.07, 6.45) is 3.68. The lowest BCUT2D eigenvalue weighted by atomic mass is 10.2. The van der Waals surface area contributed by atoms with Crippen LogP contribution in [0.2, 0.25) is 0 Å². The molecule has 0 bridgehead atoms. The van der Waals surface area contributed by atoms with Crippen LogP contribution in [0, 0.1) is 0 Å². The number of rotatable bonds is 12. The van der Waals surface area contributed by atoms with Crippen LogP contribution in [-0.4, -0.2) is 59.3 Å². The molecular formula is C24H32N4O6. The zero-order chi connectivity index (χ0) is 24.7. The van der Waals surface area contributed by atoms with Crippen molar-refractivity contribution in [3.05, 3.63) is 50.4 Å². The van der Waals surface area contributed by atoms with Crippen molar-refractivity contribution < 1.29 is 18.9 Å². The second-order valence-corrected chi connectivity index (χ2v) is 7.50. The fourth-order valence-electron chi connectivity index (χ4n) is 3.59. The number of benzene rings is 1. The van der Waals surface area contributed by atoms with E-state index in [1.807, 2.05) is 31.2 Å². The third-order valence-electron chi connectivity index (χ3n) is 5.39. The number of methoxy groups -OCH3 is 2. The van der Waals surface area contributed by atoms with Crippen LogP contribution in [0.25, 0.3) is 23.3 Å². The number of hydrogen-bond acceptors (Lipinski definition) is 7. The Hall–Kier alpha value is -3.37. The Balaban J connectivity index is 1.98. The molecule has 0 unspecified atom stereocenters. The number of fused-ring (bicyclic) bond motifs is 1. The highest BCUT2D eigenvalue weighted by Gasteiger charge is 2.17. The van der Waals surface area contributed by atoms with E-state index >= 15 is 0 Å². The highest BCUT2D eigenvalue weighted by Crippen LogP contribution is 2.29. The molecule has 0 saturated carbocycles. The Kier molecular flexibility index (Phi) is 8.67. The van der Waals surface area contributed by atoms with Crippen LogP contribution in [0.4, 0.5) is 0 Å². The second kappa shape index (κ2) is 11.7. The zero-order valence-electron chi connectivity index (χ0n) is 20.4. The Morgan fingerprint density at radius 1 is 0.882 bits per heavy atom. The lowest BCUT2D eigenvalue weighted by molar-refractivity contribution is 0.132. The maximum Gasteiger partial charge on any atom is 0.332 e. The summed E-state index contributed by atoms with van der Waals surface area (Å²) in [4.78, 5) is 30.1. The van der Waals surface area contributed by atoms with Gasteiger partial charge in [0.05, 0.1) is 13.2 Å². The maximum absolute atomic E-state index is 12.9. The molecule has 0 aliphatic carbocycles. The zero-order valence-corrected chi connectivity index (χ0v) is 20.4. The first-order valence-corrected chi connectivity index (χ1v) is 11.2. The van der Waals surface area contributed by atoms with Gasteiger partial charge in [-0.2, -0.15) is 0 Å². The van der Waals surface area contributed by atoms with Gasteiger partial charge in [-0.1, -0.05) is 12.1 Å². The Labute approximate surface area is 198 Å². The van der Waals surface area contributed by atoms with Crippen molar-refractivity contribution in [2.75, 3.05) is 40.6 Å². The molecule has 1 aromatic carbocycles. The molecule has 0 spiro atoms. The maximum atomic E-state index is 12.9. The molecule has 0 N–H and O–H groups in total. The van der Waals surface area contributed by atoms with E-state index in [-0.39, 0.29) is 11.2 Å². The molecule has 2 aromatic heterocycles. The van der Waals surface area contributed by atoms with Gasteiger partial charge in [0.1, 0.15) is 19.0 Å². The van der Waals surface area contributed by atoms with Crippen molar-refractivity contribution >= 4 is 23.3 Å². The number of hydrogen-bond donors (Lipinski definition) is 0. The van der Waals surface area contributed by atoms with Crippen LogP contribution in [0.15, 0.2) is 27.8 Å². The number of aromatic nitrogens is 4. The van der Waals surface area contributed by atoms with Gasteiger partial charge < -0.3 is 23.5 Å². The number of imidazole rings is 1. The van der Waals surface area contributed by atoms with Crippen LogP contribution < -0.4 is 20.7 Å². The largest absolute Gasteiger partial charge is 0.487 e. The Bertz CT molecular complexity index is 1270. The van der Waals surface area contributed by atoms with Gasteiger partial charge in [-0.15, -0.1) is 0 Å². The minimum Gasteiger partial charge on any atom is -0.487 e. The van der Waals surface area contributed by atoms with E-state index in [2.05, 4.69) is 4.98 Å². The number of ether oxygens (including phenoxy) is 4. The third-order valence-corrected chi connectivity index (χ3v) is 5.39. The summed E-state index contributed by atoms with van der Waals surface area (Å²) in [5, 5.41) is 0. The number of nitrogens with zero attached hydrogens (tertiary/aromatic N) is 4. The topological polar surface area (TPSA) is 98.7 Å². The third kappa shape index (κ3) is 5.23. The standard InChI is InChI=1S/C24H32N4O6/c1-6-27-22-21(23(29)28(7-2)24(27)30)26(3)20(25-22)11-9-17-8-10-18(33-14-12-31-4)19(16-17)34-15-13-32-5/h8-11,16H,6-7,12-15H2,1-5H3. The van der Waals surface area contributed by atoms with Crippen LogP contribution >= 0.6 is 0 Å². The molecular weight excluding hydrogens is 440 g/mol. The smallest absolute Gasteiger partial charge is 0.332 e. The minimum atomic E-state index is -0.349. The van der Waals surface area contributed by atoms with Gasteiger partial charge in [-0.3, -0.25) is 13.9 Å². The predicted octanol–water partition coefficient (Wildman–Crippen LogP) is 2.16. The summed E-state index contributed by atoms with van der Waals surface area (Å²) >= 11 is 0. The van der Waals surface area contributed by atoms with Gasteiger partial charge >= 0.3 is 5.69 Å². The number of aryl methyl sites for hydroxylation is 2. The molecule has 3 aromatic rings. The summed E-state index contributed by atoms with van der Waals surface area (Å²) in [5.41, 5.74) is 0.951. The first kappa shape index (κ1) is 25.3. The average Bonchev–Trinajstić information content (AvgIpc) is 3.15. The summed E-state index contributed by atoms with van der Waals surface area (Å²) < 4.78 is 26.2. The van der Waals surface area contributed by atoms with Gasteiger partial charge in [0.2, 0.25) is 0 Å². The summed E-state index contributed by atoms with van der Waals surface area (Å²) in [5.74, 6) is 1.76. The van der Waals surface area contributed by atoms with Crippen LogP contribution in [0.1, 0.15) is 25.2 Å². The van der Waals surface area contributed by atoms with Gasteiger partial charge in [-0.25, -0.2) is 9.78 Å². The van der Waals surface area contributed by atoms with Crippen LogP contribution in [0.5, 0.6) is 11.5 Å². The molecule has 10 nitrogen and oxygen atoms in total. The molecule has 0 aliphatic rings. The minimum absolute atomic E-state index is 0.300. The van der Waals surface area contributed by atoms with Crippen molar-refractivity contribution in [3.8, 4) is 11.5 Å². The van der Waals surface area contributed by atoms with Gasteiger partial charge in [0.15, 0.2) is 22.7 Å². The van der Waals surface area contributed by atoms with Crippen LogP contribution in [-0.2, 0) is 29.6 Å². The lowest BCUT2D eigenvalue weighted by Crippen LogP contribution is -2.39. The van der Waals surface area contributed by atoms with E-state index in [9.17, 15) is 9.59 Å². The van der Waals surface area contributed by atoms with Crippen molar-refractivity contribution in [2.45, 2.75) is 26.9 Å². The normalized spacial score (nSPS) is 11.6. The van der Waals surface area contributed by atoms with Gasteiger partial charge in [-0.05, 0) is 37.6 Å². The molecule has 34 heavy (non-hydrogen) atoms. The highest BCUT2D eigenvalue weighted by atomic mass is 16.5. The fourth-order valence-corrected chi connectivity index (χ4v) is 3.59. The molecule has 0 amide bonds. The first-order chi connectivity index (χ1) is 16.5.